The van der Waals surface area contributed by atoms with Gasteiger partial charge >= 0.3 is 11.9 Å². The van der Waals surface area contributed by atoms with Crippen LogP contribution in [0.15, 0.2) is 24.3 Å². The average molecular weight is 484 g/mol. The molecule has 1 aliphatic rings. The van der Waals surface area contributed by atoms with Crippen LogP contribution >= 0.6 is 0 Å². The minimum absolute atomic E-state index is 0.382. The van der Waals surface area contributed by atoms with E-state index in [1.807, 2.05) is 0 Å². The molecule has 1 fully saturated rings. The van der Waals surface area contributed by atoms with Crippen molar-refractivity contribution in [2.45, 2.75) is 24.1 Å². The van der Waals surface area contributed by atoms with Crippen molar-refractivity contribution in [1.82, 2.24) is 0 Å². The number of hydrogen-bond donors (Lipinski definition) is 9. The van der Waals surface area contributed by atoms with E-state index in [4.69, 9.17) is 14.2 Å². The Kier molecular flexibility index (Phi) is 6.60. The van der Waals surface area contributed by atoms with Gasteiger partial charge in [0.2, 0.25) is 6.29 Å². The number of ether oxygens (including phenoxy) is 3. The number of phenolic OH excluding ortho intramolecular Hbond substituents is 6. The highest BCUT2D eigenvalue weighted by atomic mass is 16.7. The first-order chi connectivity index (χ1) is 15.9. The first-order valence-corrected chi connectivity index (χ1v) is 9.43. The smallest absolute Gasteiger partial charge is 0.340 e. The van der Waals surface area contributed by atoms with Gasteiger partial charge in [-0.05, 0) is 24.3 Å². The molecule has 2 aromatic carbocycles. The minimum Gasteiger partial charge on any atom is -0.504 e. The van der Waals surface area contributed by atoms with Crippen LogP contribution in [0.3, 0.4) is 0 Å². The highest BCUT2D eigenvalue weighted by Gasteiger charge is 2.57. The molecule has 14 nitrogen and oxygen atoms in total. The predicted molar refractivity (Wildman–Crippen MR) is 105 cm³/mol. The fourth-order valence-corrected chi connectivity index (χ4v) is 3.09. The Morgan fingerprint density at radius 1 is 0.853 bits per heavy atom. The monoisotopic (exact) mass is 484 g/mol. The van der Waals surface area contributed by atoms with E-state index < -0.39 is 89.3 Å². The molecule has 1 heterocycles. The van der Waals surface area contributed by atoms with E-state index in [-0.39, 0.29) is 5.56 Å². The van der Waals surface area contributed by atoms with Crippen molar-refractivity contribution in [2.75, 3.05) is 13.2 Å². The maximum Gasteiger partial charge on any atom is 0.340 e. The van der Waals surface area contributed by atoms with E-state index in [0.29, 0.717) is 0 Å². The molecule has 1 saturated heterocycles. The van der Waals surface area contributed by atoms with Crippen LogP contribution in [-0.4, -0.2) is 95.2 Å². The van der Waals surface area contributed by atoms with Crippen molar-refractivity contribution >= 4 is 11.9 Å². The summed E-state index contributed by atoms with van der Waals surface area (Å²) < 4.78 is 15.0. The minimum atomic E-state index is -2.57. The Labute approximate surface area is 189 Å². The zero-order chi connectivity index (χ0) is 25.4. The Bertz CT molecular complexity index is 1070. The number of aliphatic hydroxyl groups excluding tert-OH is 2. The molecule has 184 valence electrons. The van der Waals surface area contributed by atoms with Crippen molar-refractivity contribution in [3.63, 3.8) is 0 Å². The van der Waals surface area contributed by atoms with E-state index in [1.54, 1.807) is 0 Å². The second-order valence-electron chi connectivity index (χ2n) is 7.33. The summed E-state index contributed by atoms with van der Waals surface area (Å²) in [6.45, 7) is -1.91. The van der Waals surface area contributed by atoms with Gasteiger partial charge in [0, 0.05) is 0 Å². The molecule has 1 aliphatic heterocycles. The van der Waals surface area contributed by atoms with Crippen LogP contribution in [0.5, 0.6) is 34.5 Å². The molecule has 0 bridgehead atoms. The lowest BCUT2D eigenvalue weighted by Gasteiger charge is -2.28. The SMILES string of the molecule is O=C(OC[C@H]1O[C@@H](OC(=O)c2cc(O)c(O)c(O)c2)[C@@](O)(CO)[C@@H]1O)c1cc(O)c(O)c(O)c1. The van der Waals surface area contributed by atoms with Crippen LogP contribution in [0.4, 0.5) is 0 Å². The molecular weight excluding hydrogens is 464 g/mol. The lowest BCUT2D eigenvalue weighted by atomic mass is 9.96. The molecule has 0 spiro atoms. The maximum atomic E-state index is 12.3. The maximum absolute atomic E-state index is 12.3. The standard InChI is InChI=1S/C20H20O14/c21-6-20(31)16(28)13(5-32-17(29)7-1-9(22)14(26)10(23)2-7)33-19(20)34-18(30)8-3-11(24)15(27)12(25)4-8/h1-4,13,16,19,21-28,31H,5-6H2/t13-,16-,19+,20-/m1/s1. The number of hydrogen-bond acceptors (Lipinski definition) is 14. The molecule has 14 heteroatoms. The van der Waals surface area contributed by atoms with E-state index in [9.17, 15) is 55.5 Å². The fraction of sp³-hybridized carbons (Fsp3) is 0.300. The van der Waals surface area contributed by atoms with Crippen LogP contribution < -0.4 is 0 Å². The normalized spacial score (nSPS) is 24.0. The summed E-state index contributed by atoms with van der Waals surface area (Å²) in [6, 6.07) is 3.06. The molecule has 4 atom stereocenters. The Hall–Kier alpha value is -3.98. The van der Waals surface area contributed by atoms with Crippen LogP contribution in [0.1, 0.15) is 20.7 Å². The zero-order valence-electron chi connectivity index (χ0n) is 17.0. The van der Waals surface area contributed by atoms with E-state index in [2.05, 4.69) is 0 Å². The number of phenols is 6. The summed E-state index contributed by atoms with van der Waals surface area (Å²) >= 11 is 0. The molecule has 34 heavy (non-hydrogen) atoms. The van der Waals surface area contributed by atoms with Gasteiger partial charge in [-0.15, -0.1) is 0 Å². The topological polar surface area (TPSA) is 244 Å². The number of esters is 2. The quantitative estimate of drug-likeness (QED) is 0.172. The number of benzene rings is 2. The molecular formula is C20H20O14. The first kappa shape index (κ1) is 24.7. The summed E-state index contributed by atoms with van der Waals surface area (Å²) in [6.07, 6.45) is -5.46. The molecule has 0 radical (unpaired) electrons. The van der Waals surface area contributed by atoms with Gasteiger partial charge in [-0.1, -0.05) is 0 Å². The number of aromatic hydroxyl groups is 6. The van der Waals surface area contributed by atoms with E-state index in [1.165, 1.54) is 0 Å². The fourth-order valence-electron chi connectivity index (χ4n) is 3.09. The van der Waals surface area contributed by atoms with Crippen molar-refractivity contribution in [2.24, 2.45) is 0 Å². The van der Waals surface area contributed by atoms with E-state index in [0.717, 1.165) is 24.3 Å². The van der Waals surface area contributed by atoms with Crippen molar-refractivity contribution in [3.8, 4) is 34.5 Å². The van der Waals surface area contributed by atoms with Crippen molar-refractivity contribution < 1.29 is 69.8 Å². The molecule has 0 saturated carbocycles. The highest BCUT2D eigenvalue weighted by Crippen LogP contribution is 2.38. The van der Waals surface area contributed by atoms with Crippen molar-refractivity contribution in [3.05, 3.63) is 35.4 Å². The lowest BCUT2D eigenvalue weighted by molar-refractivity contribution is -0.192. The second kappa shape index (κ2) is 9.11. The second-order valence-corrected chi connectivity index (χ2v) is 7.33. The lowest BCUT2D eigenvalue weighted by Crippen LogP contribution is -2.53. The molecule has 3 rings (SSSR count). The third-order valence-corrected chi connectivity index (χ3v) is 5.03. The third-order valence-electron chi connectivity index (χ3n) is 5.03. The molecule has 0 unspecified atom stereocenters. The van der Waals surface area contributed by atoms with Crippen LogP contribution in [-0.2, 0) is 14.2 Å². The van der Waals surface area contributed by atoms with Gasteiger partial charge < -0.3 is 60.2 Å². The van der Waals surface area contributed by atoms with Gasteiger partial charge in [0.1, 0.15) is 18.8 Å². The molecule has 0 aliphatic carbocycles. The third kappa shape index (κ3) is 4.42. The van der Waals surface area contributed by atoms with Crippen molar-refractivity contribution in [1.29, 1.82) is 0 Å². The van der Waals surface area contributed by atoms with Crippen LogP contribution in [0.25, 0.3) is 0 Å². The summed E-state index contributed by atoms with van der Waals surface area (Å²) in [5.74, 6) is -7.51. The van der Waals surface area contributed by atoms with Gasteiger partial charge in [-0.3, -0.25) is 0 Å². The molecule has 2 aromatic rings. The Morgan fingerprint density at radius 2 is 1.29 bits per heavy atom. The van der Waals surface area contributed by atoms with Gasteiger partial charge in [0.25, 0.3) is 0 Å². The number of rotatable bonds is 6. The summed E-state index contributed by atoms with van der Waals surface area (Å²) in [4.78, 5) is 24.5. The molecule has 9 N–H and O–H groups in total. The summed E-state index contributed by atoms with van der Waals surface area (Å²) in [5.41, 5.74) is -3.43. The number of aliphatic hydroxyl groups is 3. The van der Waals surface area contributed by atoms with Crippen LogP contribution in [0.2, 0.25) is 0 Å². The Balaban J connectivity index is 1.72. The summed E-state index contributed by atoms with van der Waals surface area (Å²) in [5, 5.41) is 87.1. The van der Waals surface area contributed by atoms with Gasteiger partial charge in [0.15, 0.2) is 40.1 Å². The van der Waals surface area contributed by atoms with Gasteiger partial charge in [0.05, 0.1) is 17.7 Å². The molecule has 0 aromatic heterocycles. The van der Waals surface area contributed by atoms with E-state index >= 15 is 0 Å². The number of carbonyl (C=O) groups is 2. The number of carbonyl (C=O) groups excluding carboxylic acids is 2. The molecule has 0 amide bonds. The van der Waals surface area contributed by atoms with Crippen LogP contribution in [0, 0.1) is 0 Å². The zero-order valence-corrected chi connectivity index (χ0v) is 17.0. The first-order valence-electron chi connectivity index (χ1n) is 9.43. The van der Waals surface area contributed by atoms with Gasteiger partial charge in [-0.25, -0.2) is 9.59 Å². The highest BCUT2D eigenvalue weighted by molar-refractivity contribution is 5.91. The van der Waals surface area contributed by atoms with Gasteiger partial charge in [-0.2, -0.15) is 0 Å². The predicted octanol–water partition coefficient (Wildman–Crippen LogP) is -1.26. The largest absolute Gasteiger partial charge is 0.504 e. The average Bonchev–Trinajstić information content (AvgIpc) is 3.03. The summed E-state index contributed by atoms with van der Waals surface area (Å²) in [7, 11) is 0. The Morgan fingerprint density at radius 3 is 1.74 bits per heavy atom.